The molecule has 7 heteroatoms. The SMILES string of the molecule is CCC(NC(=O)c1ccc(-n2ccnc2)nc1)C(=O)O. The summed E-state index contributed by atoms with van der Waals surface area (Å²) >= 11 is 0. The molecular weight excluding hydrogens is 260 g/mol. The van der Waals surface area contributed by atoms with Gasteiger partial charge in [0, 0.05) is 18.6 Å². The number of carboxylic acids is 1. The van der Waals surface area contributed by atoms with Gasteiger partial charge < -0.3 is 10.4 Å². The van der Waals surface area contributed by atoms with Crippen molar-refractivity contribution >= 4 is 11.9 Å². The topological polar surface area (TPSA) is 97.1 Å². The molecule has 0 saturated carbocycles. The smallest absolute Gasteiger partial charge is 0.326 e. The number of carbonyl (C=O) groups is 2. The van der Waals surface area contributed by atoms with E-state index in [1.807, 2.05) is 0 Å². The lowest BCUT2D eigenvalue weighted by Crippen LogP contribution is -2.40. The first kappa shape index (κ1) is 13.7. The summed E-state index contributed by atoms with van der Waals surface area (Å²) in [7, 11) is 0. The summed E-state index contributed by atoms with van der Waals surface area (Å²) in [5.41, 5.74) is 0.313. The zero-order chi connectivity index (χ0) is 14.5. The molecule has 2 aromatic heterocycles. The highest BCUT2D eigenvalue weighted by Gasteiger charge is 2.18. The van der Waals surface area contributed by atoms with Gasteiger partial charge in [0.25, 0.3) is 5.91 Å². The van der Waals surface area contributed by atoms with Crippen LogP contribution in [-0.4, -0.2) is 37.6 Å². The Morgan fingerprint density at radius 3 is 2.75 bits per heavy atom. The molecule has 0 spiro atoms. The first-order chi connectivity index (χ1) is 9.61. The fourth-order valence-corrected chi connectivity index (χ4v) is 1.65. The van der Waals surface area contributed by atoms with Crippen molar-refractivity contribution in [3.05, 3.63) is 42.6 Å². The maximum absolute atomic E-state index is 11.9. The van der Waals surface area contributed by atoms with Gasteiger partial charge in [0.2, 0.25) is 0 Å². The van der Waals surface area contributed by atoms with Gasteiger partial charge in [-0.3, -0.25) is 9.36 Å². The van der Waals surface area contributed by atoms with Crippen LogP contribution in [0, 0.1) is 0 Å². The summed E-state index contributed by atoms with van der Waals surface area (Å²) in [6.07, 6.45) is 6.68. The van der Waals surface area contributed by atoms with E-state index >= 15 is 0 Å². The van der Waals surface area contributed by atoms with Crippen LogP contribution in [0.3, 0.4) is 0 Å². The number of pyridine rings is 1. The summed E-state index contributed by atoms with van der Waals surface area (Å²) in [6, 6.07) is 2.36. The molecule has 0 saturated heterocycles. The third kappa shape index (κ3) is 3.00. The van der Waals surface area contributed by atoms with Gasteiger partial charge >= 0.3 is 5.97 Å². The Balaban J connectivity index is 2.10. The zero-order valence-electron chi connectivity index (χ0n) is 10.9. The highest BCUT2D eigenvalue weighted by Crippen LogP contribution is 2.06. The minimum atomic E-state index is -1.05. The normalized spacial score (nSPS) is 11.8. The van der Waals surface area contributed by atoms with Gasteiger partial charge in [-0.25, -0.2) is 14.8 Å². The van der Waals surface area contributed by atoms with E-state index < -0.39 is 17.9 Å². The molecule has 104 valence electrons. The number of hydrogen-bond acceptors (Lipinski definition) is 4. The van der Waals surface area contributed by atoms with Crippen LogP contribution in [0.4, 0.5) is 0 Å². The Kier molecular flexibility index (Phi) is 4.09. The quantitative estimate of drug-likeness (QED) is 0.842. The average molecular weight is 274 g/mol. The number of imidazole rings is 1. The molecule has 2 N–H and O–H groups in total. The second-order valence-corrected chi connectivity index (χ2v) is 4.15. The summed E-state index contributed by atoms with van der Waals surface area (Å²) in [5, 5.41) is 11.3. The van der Waals surface area contributed by atoms with Crippen LogP contribution in [0.2, 0.25) is 0 Å². The van der Waals surface area contributed by atoms with Crippen LogP contribution in [0.25, 0.3) is 5.82 Å². The standard InChI is InChI=1S/C13H14N4O3/c1-2-10(13(19)20)16-12(18)9-3-4-11(15-7-9)17-6-5-14-8-17/h3-8,10H,2H2,1H3,(H,16,18)(H,19,20). The molecule has 7 nitrogen and oxygen atoms in total. The molecule has 2 heterocycles. The summed E-state index contributed by atoms with van der Waals surface area (Å²) in [5.74, 6) is -0.878. The predicted octanol–water partition coefficient (Wildman–Crippen LogP) is 0.860. The molecule has 2 aromatic rings. The number of amides is 1. The van der Waals surface area contributed by atoms with Gasteiger partial charge in [0.1, 0.15) is 18.2 Å². The lowest BCUT2D eigenvalue weighted by molar-refractivity contribution is -0.139. The zero-order valence-corrected chi connectivity index (χ0v) is 10.9. The molecule has 20 heavy (non-hydrogen) atoms. The largest absolute Gasteiger partial charge is 0.480 e. The molecule has 0 aromatic carbocycles. The Hall–Kier alpha value is -2.70. The second-order valence-electron chi connectivity index (χ2n) is 4.15. The lowest BCUT2D eigenvalue weighted by atomic mass is 10.2. The van der Waals surface area contributed by atoms with Crippen LogP contribution in [0.15, 0.2) is 37.1 Å². The monoisotopic (exact) mass is 274 g/mol. The van der Waals surface area contributed by atoms with Crippen molar-refractivity contribution in [2.75, 3.05) is 0 Å². The van der Waals surface area contributed by atoms with E-state index in [0.29, 0.717) is 17.8 Å². The van der Waals surface area contributed by atoms with Crippen molar-refractivity contribution in [1.82, 2.24) is 19.9 Å². The number of nitrogens with zero attached hydrogens (tertiary/aromatic N) is 3. The molecule has 2 rings (SSSR count). The molecule has 1 atom stereocenters. The molecule has 0 aliphatic rings. The van der Waals surface area contributed by atoms with Crippen LogP contribution in [-0.2, 0) is 4.79 Å². The van der Waals surface area contributed by atoms with Gasteiger partial charge in [-0.15, -0.1) is 0 Å². The number of hydrogen-bond donors (Lipinski definition) is 2. The van der Waals surface area contributed by atoms with Crippen LogP contribution in [0.5, 0.6) is 0 Å². The van der Waals surface area contributed by atoms with Crippen molar-refractivity contribution in [2.45, 2.75) is 19.4 Å². The number of aliphatic carboxylic acids is 1. The van der Waals surface area contributed by atoms with Gasteiger partial charge in [-0.05, 0) is 18.6 Å². The van der Waals surface area contributed by atoms with E-state index in [1.165, 1.54) is 6.20 Å². The first-order valence-electron chi connectivity index (χ1n) is 6.10. The average Bonchev–Trinajstić information content (AvgIpc) is 2.98. The van der Waals surface area contributed by atoms with E-state index in [1.54, 1.807) is 42.3 Å². The van der Waals surface area contributed by atoms with Gasteiger partial charge in [0.05, 0.1) is 5.56 Å². The van der Waals surface area contributed by atoms with Gasteiger partial charge in [-0.2, -0.15) is 0 Å². The van der Waals surface area contributed by atoms with Gasteiger partial charge in [-0.1, -0.05) is 6.92 Å². The summed E-state index contributed by atoms with van der Waals surface area (Å²) in [6.45, 7) is 1.69. The fraction of sp³-hybridized carbons (Fsp3) is 0.231. The molecule has 0 fully saturated rings. The number of carboxylic acid groups (broad SMARTS) is 1. The Labute approximate surface area is 115 Å². The van der Waals surface area contributed by atoms with Crippen molar-refractivity contribution in [3.8, 4) is 5.82 Å². The highest BCUT2D eigenvalue weighted by molar-refractivity contribution is 5.96. The molecule has 0 aliphatic carbocycles. The molecular formula is C13H14N4O3. The third-order valence-corrected chi connectivity index (χ3v) is 2.79. The molecule has 0 aliphatic heterocycles. The Bertz CT molecular complexity index is 593. The predicted molar refractivity (Wildman–Crippen MR) is 70.5 cm³/mol. The van der Waals surface area contributed by atoms with Crippen molar-refractivity contribution in [3.63, 3.8) is 0 Å². The first-order valence-corrected chi connectivity index (χ1v) is 6.10. The molecule has 0 bridgehead atoms. The molecule has 1 amide bonds. The maximum atomic E-state index is 11.9. The Morgan fingerprint density at radius 2 is 2.25 bits per heavy atom. The summed E-state index contributed by atoms with van der Waals surface area (Å²) < 4.78 is 1.70. The van der Waals surface area contributed by atoms with Crippen LogP contribution < -0.4 is 5.32 Å². The molecule has 1 unspecified atom stereocenters. The Morgan fingerprint density at radius 1 is 1.45 bits per heavy atom. The van der Waals surface area contributed by atoms with E-state index in [2.05, 4.69) is 15.3 Å². The number of nitrogens with one attached hydrogen (secondary N) is 1. The third-order valence-electron chi connectivity index (χ3n) is 2.79. The van der Waals surface area contributed by atoms with E-state index in [0.717, 1.165) is 0 Å². The molecule has 0 radical (unpaired) electrons. The minimum Gasteiger partial charge on any atom is -0.480 e. The van der Waals surface area contributed by atoms with Crippen molar-refractivity contribution in [1.29, 1.82) is 0 Å². The second kappa shape index (κ2) is 5.96. The summed E-state index contributed by atoms with van der Waals surface area (Å²) in [4.78, 5) is 30.8. The lowest BCUT2D eigenvalue weighted by Gasteiger charge is -2.12. The number of carbonyl (C=O) groups excluding carboxylic acids is 1. The van der Waals surface area contributed by atoms with Crippen molar-refractivity contribution in [2.24, 2.45) is 0 Å². The number of rotatable bonds is 5. The van der Waals surface area contributed by atoms with Crippen LogP contribution in [0.1, 0.15) is 23.7 Å². The van der Waals surface area contributed by atoms with Gasteiger partial charge in [0.15, 0.2) is 0 Å². The van der Waals surface area contributed by atoms with E-state index in [9.17, 15) is 9.59 Å². The van der Waals surface area contributed by atoms with E-state index in [4.69, 9.17) is 5.11 Å². The minimum absolute atomic E-state index is 0.313. The fourth-order valence-electron chi connectivity index (χ4n) is 1.65. The van der Waals surface area contributed by atoms with Crippen molar-refractivity contribution < 1.29 is 14.7 Å². The van der Waals surface area contributed by atoms with E-state index in [-0.39, 0.29) is 0 Å². The number of aromatic nitrogens is 3. The maximum Gasteiger partial charge on any atom is 0.326 e. The van der Waals surface area contributed by atoms with Crippen LogP contribution >= 0.6 is 0 Å². The highest BCUT2D eigenvalue weighted by atomic mass is 16.4.